The molecule has 13 heavy (non-hydrogen) atoms. The number of aromatic nitrogens is 2. The lowest BCUT2D eigenvalue weighted by Gasteiger charge is -2.07. The molecule has 0 amide bonds. The smallest absolute Gasteiger partial charge is 0.388 e. The Kier molecular flexibility index (Phi) is 2.60. The maximum absolute atomic E-state index is 11.7. The van der Waals surface area contributed by atoms with Gasteiger partial charge < -0.3 is 4.74 Å². The summed E-state index contributed by atoms with van der Waals surface area (Å²) in [6, 6.07) is 1.04. The van der Waals surface area contributed by atoms with Crippen molar-refractivity contribution in [3.8, 4) is 5.88 Å². The van der Waals surface area contributed by atoms with Gasteiger partial charge in [0.25, 0.3) is 0 Å². The number of hydrogen-bond donors (Lipinski definition) is 0. The van der Waals surface area contributed by atoms with Crippen LogP contribution < -0.4 is 4.74 Å². The summed E-state index contributed by atoms with van der Waals surface area (Å²) in [7, 11) is 0. The maximum atomic E-state index is 11.7. The zero-order valence-corrected chi connectivity index (χ0v) is 7.15. The summed E-state index contributed by atoms with van der Waals surface area (Å²) in [5, 5.41) is -0.278. The summed E-state index contributed by atoms with van der Waals surface area (Å²) in [5.41, 5.74) is 0.305. The molecule has 0 spiro atoms. The molecule has 1 aromatic heterocycles. The third-order valence-corrected chi connectivity index (χ3v) is 1.19. The first-order valence-electron chi connectivity index (χ1n) is 3.14. The van der Waals surface area contributed by atoms with Crippen molar-refractivity contribution in [2.45, 2.75) is 13.3 Å². The molecule has 0 saturated carbocycles. The number of halogens is 4. The van der Waals surface area contributed by atoms with Gasteiger partial charge in [0.2, 0.25) is 11.2 Å². The molecule has 0 unspecified atom stereocenters. The zero-order chi connectivity index (χ0) is 10.1. The van der Waals surface area contributed by atoms with E-state index in [9.17, 15) is 13.2 Å². The van der Waals surface area contributed by atoms with E-state index in [4.69, 9.17) is 11.6 Å². The molecule has 0 N–H and O–H groups in total. The van der Waals surface area contributed by atoms with E-state index in [0.717, 1.165) is 6.07 Å². The molecule has 72 valence electrons. The summed E-state index contributed by atoms with van der Waals surface area (Å²) in [6.07, 6.45) is -4.76. The standard InChI is InChI=1S/C6H4ClF3N2O/c1-3-2-4(12-5(7)11-3)13-6(8,9)10/h2H,1H3. The fourth-order valence-corrected chi connectivity index (χ4v) is 0.892. The van der Waals surface area contributed by atoms with E-state index in [2.05, 4.69) is 14.7 Å². The number of hydrogen-bond acceptors (Lipinski definition) is 3. The fourth-order valence-electron chi connectivity index (χ4n) is 0.676. The van der Waals surface area contributed by atoms with Crippen LogP contribution in [0.2, 0.25) is 5.28 Å². The van der Waals surface area contributed by atoms with Crippen LogP contribution in [0.15, 0.2) is 6.07 Å². The van der Waals surface area contributed by atoms with Crippen molar-refractivity contribution in [1.29, 1.82) is 0 Å². The lowest BCUT2D eigenvalue weighted by Crippen LogP contribution is -2.18. The second-order valence-electron chi connectivity index (χ2n) is 2.16. The predicted molar refractivity (Wildman–Crippen MR) is 38.5 cm³/mol. The summed E-state index contributed by atoms with van der Waals surface area (Å²) in [4.78, 5) is 6.80. The van der Waals surface area contributed by atoms with Crippen molar-refractivity contribution in [3.05, 3.63) is 17.0 Å². The highest BCUT2D eigenvalue weighted by Gasteiger charge is 2.32. The van der Waals surface area contributed by atoms with E-state index < -0.39 is 12.2 Å². The highest BCUT2D eigenvalue weighted by atomic mass is 35.5. The molecule has 0 atom stereocenters. The number of ether oxygens (including phenoxy) is 1. The molecule has 7 heteroatoms. The SMILES string of the molecule is Cc1cc(OC(F)(F)F)nc(Cl)n1. The van der Waals surface area contributed by atoms with Gasteiger partial charge in [0, 0.05) is 11.8 Å². The van der Waals surface area contributed by atoms with Crippen LogP contribution in [0.1, 0.15) is 5.69 Å². The Morgan fingerprint density at radius 3 is 2.46 bits per heavy atom. The van der Waals surface area contributed by atoms with Crippen LogP contribution in [0.5, 0.6) is 5.88 Å². The number of aryl methyl sites for hydroxylation is 1. The van der Waals surface area contributed by atoms with Crippen LogP contribution in [0.25, 0.3) is 0 Å². The van der Waals surface area contributed by atoms with Crippen molar-refractivity contribution < 1.29 is 17.9 Å². The first-order chi connectivity index (χ1) is 5.87. The molecule has 3 nitrogen and oxygen atoms in total. The van der Waals surface area contributed by atoms with Gasteiger partial charge in [-0.05, 0) is 18.5 Å². The second kappa shape index (κ2) is 3.37. The van der Waals surface area contributed by atoms with Crippen LogP contribution in [-0.2, 0) is 0 Å². The average molecular weight is 213 g/mol. The molecule has 1 aromatic rings. The largest absolute Gasteiger partial charge is 0.574 e. The molecule has 1 rings (SSSR count). The van der Waals surface area contributed by atoms with Crippen molar-refractivity contribution >= 4 is 11.6 Å². The van der Waals surface area contributed by atoms with Gasteiger partial charge in [0.15, 0.2) is 0 Å². The third-order valence-electron chi connectivity index (χ3n) is 1.02. The maximum Gasteiger partial charge on any atom is 0.574 e. The van der Waals surface area contributed by atoms with Crippen molar-refractivity contribution in [2.24, 2.45) is 0 Å². The third kappa shape index (κ3) is 3.45. The topological polar surface area (TPSA) is 35.0 Å². The van der Waals surface area contributed by atoms with Crippen LogP contribution in [0.4, 0.5) is 13.2 Å². The van der Waals surface area contributed by atoms with Crippen LogP contribution >= 0.6 is 11.6 Å². The zero-order valence-electron chi connectivity index (χ0n) is 6.39. The second-order valence-corrected chi connectivity index (χ2v) is 2.50. The molecule has 0 aliphatic carbocycles. The Hall–Kier alpha value is -1.04. The molecule has 0 radical (unpaired) electrons. The minimum absolute atomic E-state index is 0.278. The summed E-state index contributed by atoms with van der Waals surface area (Å²) in [5.74, 6) is -0.606. The Morgan fingerprint density at radius 1 is 1.38 bits per heavy atom. The molecular formula is C6H4ClF3N2O. The number of alkyl halides is 3. The van der Waals surface area contributed by atoms with Gasteiger partial charge in [-0.25, -0.2) is 4.98 Å². The highest BCUT2D eigenvalue weighted by molar-refractivity contribution is 6.28. The van der Waals surface area contributed by atoms with E-state index >= 15 is 0 Å². The van der Waals surface area contributed by atoms with E-state index in [1.54, 1.807) is 0 Å². The Labute approximate surface area is 76.5 Å². The van der Waals surface area contributed by atoms with E-state index in [0.29, 0.717) is 5.69 Å². The lowest BCUT2D eigenvalue weighted by molar-refractivity contribution is -0.276. The van der Waals surface area contributed by atoms with Gasteiger partial charge >= 0.3 is 6.36 Å². The molecule has 0 bridgehead atoms. The van der Waals surface area contributed by atoms with Gasteiger partial charge in [0.1, 0.15) is 0 Å². The van der Waals surface area contributed by atoms with Gasteiger partial charge in [-0.3, -0.25) is 0 Å². The molecule has 0 aromatic carbocycles. The Bertz CT molecular complexity index is 295. The van der Waals surface area contributed by atoms with Crippen LogP contribution in [0, 0.1) is 6.92 Å². The molecule has 0 aliphatic heterocycles. The quantitative estimate of drug-likeness (QED) is 0.670. The van der Waals surface area contributed by atoms with Gasteiger partial charge in [-0.1, -0.05) is 0 Å². The lowest BCUT2D eigenvalue weighted by atomic mass is 10.4. The van der Waals surface area contributed by atoms with Crippen molar-refractivity contribution in [3.63, 3.8) is 0 Å². The highest BCUT2D eigenvalue weighted by Crippen LogP contribution is 2.21. The minimum Gasteiger partial charge on any atom is -0.388 e. The summed E-state index contributed by atoms with van der Waals surface area (Å²) in [6.45, 7) is 1.48. The van der Waals surface area contributed by atoms with Crippen LogP contribution in [-0.4, -0.2) is 16.3 Å². The van der Waals surface area contributed by atoms with Crippen molar-refractivity contribution in [1.82, 2.24) is 9.97 Å². The average Bonchev–Trinajstić information content (AvgIpc) is 1.78. The van der Waals surface area contributed by atoms with E-state index in [1.165, 1.54) is 6.92 Å². The van der Waals surface area contributed by atoms with Crippen LogP contribution in [0.3, 0.4) is 0 Å². The van der Waals surface area contributed by atoms with Gasteiger partial charge in [-0.15, -0.1) is 13.2 Å². The van der Waals surface area contributed by atoms with E-state index in [-0.39, 0.29) is 5.28 Å². The van der Waals surface area contributed by atoms with Gasteiger partial charge in [0.05, 0.1) is 0 Å². The number of nitrogens with zero attached hydrogens (tertiary/aromatic N) is 2. The van der Waals surface area contributed by atoms with E-state index in [1.807, 2.05) is 0 Å². The minimum atomic E-state index is -4.76. The van der Waals surface area contributed by atoms with Crippen molar-refractivity contribution in [2.75, 3.05) is 0 Å². The summed E-state index contributed by atoms with van der Waals surface area (Å²) >= 11 is 5.31. The summed E-state index contributed by atoms with van der Waals surface area (Å²) < 4.78 is 38.6. The molecule has 0 saturated heterocycles. The molecule has 1 heterocycles. The normalized spacial score (nSPS) is 11.5. The molecular weight excluding hydrogens is 209 g/mol. The Balaban J connectivity index is 2.90. The number of rotatable bonds is 1. The first kappa shape index (κ1) is 10.0. The predicted octanol–water partition coefficient (Wildman–Crippen LogP) is 2.34. The first-order valence-corrected chi connectivity index (χ1v) is 3.51. The molecule has 0 fully saturated rings. The Morgan fingerprint density at radius 2 is 2.00 bits per heavy atom. The molecule has 0 aliphatic rings. The van der Waals surface area contributed by atoms with Gasteiger partial charge in [-0.2, -0.15) is 4.98 Å². The monoisotopic (exact) mass is 212 g/mol. The fraction of sp³-hybridized carbons (Fsp3) is 0.333.